The van der Waals surface area contributed by atoms with Crippen LogP contribution in [-0.2, 0) is 9.59 Å². The van der Waals surface area contributed by atoms with Gasteiger partial charge in [-0.15, -0.1) is 10.2 Å². The van der Waals surface area contributed by atoms with Crippen LogP contribution in [0.4, 0.5) is 10.8 Å². The fraction of sp³-hybridized carbons (Fsp3) is 0.474. The summed E-state index contributed by atoms with van der Waals surface area (Å²) in [5.74, 6) is 0.707. The SMILES string of the molecule is COc1ccc(N2C[C@@H](c3nnc(NC(=O)CC(C)(C)C)s3)CC2=O)cc1. The van der Waals surface area contributed by atoms with E-state index in [0.29, 0.717) is 24.5 Å². The molecule has 2 amide bonds. The lowest BCUT2D eigenvalue weighted by Gasteiger charge is -2.16. The Hall–Kier alpha value is -2.48. The summed E-state index contributed by atoms with van der Waals surface area (Å²) >= 11 is 1.34. The summed E-state index contributed by atoms with van der Waals surface area (Å²) in [6, 6.07) is 7.42. The minimum absolute atomic E-state index is 0.0228. The van der Waals surface area contributed by atoms with Gasteiger partial charge >= 0.3 is 0 Å². The predicted octanol–water partition coefficient (Wildman–Crippen LogP) is 3.44. The maximum Gasteiger partial charge on any atom is 0.227 e. The summed E-state index contributed by atoms with van der Waals surface area (Å²) in [5, 5.41) is 12.3. The molecule has 0 spiro atoms. The van der Waals surface area contributed by atoms with Crippen molar-refractivity contribution in [3.63, 3.8) is 0 Å². The van der Waals surface area contributed by atoms with Crippen molar-refractivity contribution in [2.75, 3.05) is 23.9 Å². The molecule has 0 saturated carbocycles. The molecule has 1 saturated heterocycles. The number of amides is 2. The van der Waals surface area contributed by atoms with E-state index in [4.69, 9.17) is 4.74 Å². The van der Waals surface area contributed by atoms with E-state index in [1.807, 2.05) is 45.0 Å². The molecule has 1 aliphatic rings. The summed E-state index contributed by atoms with van der Waals surface area (Å²) in [7, 11) is 1.61. The largest absolute Gasteiger partial charge is 0.497 e. The molecule has 0 unspecified atom stereocenters. The van der Waals surface area contributed by atoms with Crippen molar-refractivity contribution in [1.82, 2.24) is 10.2 Å². The average Bonchev–Trinajstić information content (AvgIpc) is 3.20. The smallest absolute Gasteiger partial charge is 0.227 e. The Kier molecular flexibility index (Phi) is 5.46. The van der Waals surface area contributed by atoms with E-state index in [0.717, 1.165) is 16.4 Å². The third-order valence-electron chi connectivity index (χ3n) is 4.24. The monoisotopic (exact) mass is 388 g/mol. The number of hydrogen-bond donors (Lipinski definition) is 1. The average molecular weight is 388 g/mol. The Bertz CT molecular complexity index is 826. The summed E-state index contributed by atoms with van der Waals surface area (Å²) in [6.07, 6.45) is 0.797. The van der Waals surface area contributed by atoms with Crippen LogP contribution in [0, 0.1) is 5.41 Å². The van der Waals surface area contributed by atoms with E-state index in [1.165, 1.54) is 11.3 Å². The second-order valence-electron chi connectivity index (χ2n) is 7.83. The van der Waals surface area contributed by atoms with Gasteiger partial charge in [0.15, 0.2) is 0 Å². The number of nitrogens with one attached hydrogen (secondary N) is 1. The molecule has 3 rings (SSSR count). The predicted molar refractivity (Wildman–Crippen MR) is 105 cm³/mol. The van der Waals surface area contributed by atoms with E-state index in [2.05, 4.69) is 15.5 Å². The molecule has 0 radical (unpaired) electrons. The van der Waals surface area contributed by atoms with Crippen molar-refractivity contribution in [2.24, 2.45) is 5.41 Å². The Morgan fingerprint density at radius 2 is 2.00 bits per heavy atom. The minimum Gasteiger partial charge on any atom is -0.497 e. The molecule has 1 N–H and O–H groups in total. The minimum atomic E-state index is -0.0889. The number of hydrogen-bond acceptors (Lipinski definition) is 6. The molecule has 1 atom stereocenters. The molecule has 27 heavy (non-hydrogen) atoms. The highest BCUT2D eigenvalue weighted by Gasteiger charge is 2.34. The maximum absolute atomic E-state index is 12.4. The summed E-state index contributed by atoms with van der Waals surface area (Å²) in [4.78, 5) is 26.2. The second kappa shape index (κ2) is 7.64. The molecule has 0 aliphatic carbocycles. The molecule has 7 nitrogen and oxygen atoms in total. The van der Waals surface area contributed by atoms with Crippen LogP contribution in [0.5, 0.6) is 5.75 Å². The van der Waals surface area contributed by atoms with Gasteiger partial charge in [-0.05, 0) is 29.7 Å². The van der Waals surface area contributed by atoms with Gasteiger partial charge in [0.1, 0.15) is 10.8 Å². The van der Waals surface area contributed by atoms with Gasteiger partial charge in [-0.1, -0.05) is 32.1 Å². The zero-order chi connectivity index (χ0) is 19.6. The standard InChI is InChI=1S/C19H24N4O3S/c1-19(2,3)10-15(24)20-18-22-21-17(27-18)12-9-16(25)23(11-12)13-5-7-14(26-4)8-6-13/h5-8,12H,9-11H2,1-4H3,(H,20,22,24)/t12-/m0/s1. The molecule has 1 fully saturated rings. The lowest BCUT2D eigenvalue weighted by Crippen LogP contribution is -2.24. The van der Waals surface area contributed by atoms with Gasteiger partial charge in [0.05, 0.1) is 7.11 Å². The van der Waals surface area contributed by atoms with Gasteiger partial charge < -0.3 is 15.0 Å². The van der Waals surface area contributed by atoms with Crippen LogP contribution in [0.2, 0.25) is 0 Å². The van der Waals surface area contributed by atoms with Crippen molar-refractivity contribution >= 4 is 34.0 Å². The van der Waals surface area contributed by atoms with Crippen molar-refractivity contribution in [1.29, 1.82) is 0 Å². The molecular weight excluding hydrogens is 364 g/mol. The first kappa shape index (κ1) is 19.3. The number of rotatable bonds is 5. The molecule has 2 heterocycles. The van der Waals surface area contributed by atoms with Crippen LogP contribution in [-0.4, -0.2) is 35.7 Å². The van der Waals surface area contributed by atoms with E-state index in [9.17, 15) is 9.59 Å². The van der Waals surface area contributed by atoms with Gasteiger partial charge in [0.2, 0.25) is 16.9 Å². The number of methoxy groups -OCH3 is 1. The fourth-order valence-electron chi connectivity index (χ4n) is 2.98. The number of carbonyl (C=O) groups is 2. The lowest BCUT2D eigenvalue weighted by atomic mass is 9.92. The van der Waals surface area contributed by atoms with Crippen LogP contribution in [0.15, 0.2) is 24.3 Å². The summed E-state index contributed by atoms with van der Waals surface area (Å²) in [6.45, 7) is 6.58. The van der Waals surface area contributed by atoms with Crippen LogP contribution < -0.4 is 15.0 Å². The lowest BCUT2D eigenvalue weighted by molar-refractivity contribution is -0.118. The highest BCUT2D eigenvalue weighted by atomic mass is 32.1. The normalized spacial score (nSPS) is 17.3. The van der Waals surface area contributed by atoms with Gasteiger partial charge in [-0.25, -0.2) is 0 Å². The number of anilines is 2. The Morgan fingerprint density at radius 1 is 1.30 bits per heavy atom. The Morgan fingerprint density at radius 3 is 2.63 bits per heavy atom. The van der Waals surface area contributed by atoms with Crippen molar-refractivity contribution in [3.05, 3.63) is 29.3 Å². The molecule has 144 valence electrons. The molecular formula is C19H24N4O3S. The van der Waals surface area contributed by atoms with Gasteiger partial charge in [-0.3, -0.25) is 9.59 Å². The zero-order valence-corrected chi connectivity index (χ0v) is 16.8. The first-order valence-corrected chi connectivity index (χ1v) is 9.64. The van der Waals surface area contributed by atoms with Crippen LogP contribution in [0.3, 0.4) is 0 Å². The van der Waals surface area contributed by atoms with Crippen molar-refractivity contribution < 1.29 is 14.3 Å². The molecule has 8 heteroatoms. The summed E-state index contributed by atoms with van der Waals surface area (Å²) in [5.41, 5.74) is 0.750. The number of ether oxygens (including phenoxy) is 1. The number of aromatic nitrogens is 2. The third-order valence-corrected chi connectivity index (χ3v) is 5.24. The number of carbonyl (C=O) groups excluding carboxylic acids is 2. The Labute approximate surface area is 162 Å². The van der Waals surface area contributed by atoms with Crippen LogP contribution in [0.25, 0.3) is 0 Å². The van der Waals surface area contributed by atoms with E-state index >= 15 is 0 Å². The third kappa shape index (κ3) is 4.82. The van der Waals surface area contributed by atoms with Crippen molar-refractivity contribution in [3.8, 4) is 5.75 Å². The van der Waals surface area contributed by atoms with Crippen LogP contribution in [0.1, 0.15) is 44.5 Å². The van der Waals surface area contributed by atoms with E-state index < -0.39 is 0 Å². The highest BCUT2D eigenvalue weighted by Crippen LogP contribution is 2.34. The van der Waals surface area contributed by atoms with Crippen molar-refractivity contribution in [2.45, 2.75) is 39.5 Å². The van der Waals surface area contributed by atoms with E-state index in [-0.39, 0.29) is 23.1 Å². The first-order valence-electron chi connectivity index (χ1n) is 8.83. The van der Waals surface area contributed by atoms with Gasteiger partial charge in [0, 0.05) is 31.0 Å². The molecule has 2 aromatic rings. The molecule has 1 aliphatic heterocycles. The van der Waals surface area contributed by atoms with Gasteiger partial charge in [-0.2, -0.15) is 0 Å². The second-order valence-corrected chi connectivity index (χ2v) is 8.84. The maximum atomic E-state index is 12.4. The number of benzene rings is 1. The highest BCUT2D eigenvalue weighted by molar-refractivity contribution is 7.15. The zero-order valence-electron chi connectivity index (χ0n) is 16.0. The topological polar surface area (TPSA) is 84.4 Å². The fourth-order valence-corrected chi connectivity index (χ4v) is 3.83. The number of nitrogens with zero attached hydrogens (tertiary/aromatic N) is 3. The molecule has 1 aromatic carbocycles. The van der Waals surface area contributed by atoms with Crippen LogP contribution >= 0.6 is 11.3 Å². The van der Waals surface area contributed by atoms with E-state index in [1.54, 1.807) is 12.0 Å². The summed E-state index contributed by atoms with van der Waals surface area (Å²) < 4.78 is 5.16. The quantitative estimate of drug-likeness (QED) is 0.848. The first-order chi connectivity index (χ1) is 12.7. The van der Waals surface area contributed by atoms with Gasteiger partial charge in [0.25, 0.3) is 0 Å². The molecule has 0 bridgehead atoms. The molecule has 1 aromatic heterocycles. The Balaban J connectivity index is 1.65.